The number of anilines is 1. The maximum absolute atomic E-state index is 13.6. The topological polar surface area (TPSA) is 54.7 Å². The van der Waals surface area contributed by atoms with Crippen LogP contribution in [0.2, 0.25) is 0 Å². The molecule has 0 aliphatic carbocycles. The molecule has 0 fully saturated rings. The predicted molar refractivity (Wildman–Crippen MR) is 56.1 cm³/mol. The summed E-state index contributed by atoms with van der Waals surface area (Å²) in [6, 6.07) is 2.49. The fourth-order valence-electron chi connectivity index (χ4n) is 1.21. The number of nitrogens with two attached hydrogens (primary N) is 1. The molecule has 0 aliphatic rings. The van der Waals surface area contributed by atoms with Crippen LogP contribution in [0.1, 0.15) is 0 Å². The fourth-order valence-corrected chi connectivity index (χ4v) is 1.55. The minimum atomic E-state index is -0.682. The van der Waals surface area contributed by atoms with Crippen molar-refractivity contribution in [2.24, 2.45) is 0 Å². The molecule has 0 saturated heterocycles. The molecule has 15 heavy (non-hydrogen) atoms. The van der Waals surface area contributed by atoms with E-state index in [1.807, 2.05) is 0 Å². The van der Waals surface area contributed by atoms with Crippen molar-refractivity contribution in [3.63, 3.8) is 0 Å². The summed E-state index contributed by atoms with van der Waals surface area (Å²) in [5, 5.41) is 0. The molecular weight excluding hydrogens is 268 g/mol. The van der Waals surface area contributed by atoms with Gasteiger partial charge in [0.1, 0.15) is 11.6 Å². The standard InChI is InChI=1S/C9H6BrF2N3/c10-7-5(11)2-1-4(8(7)12)6-3-14-9(13)15-6/h1-3H,(H3,13,14,15). The number of hydrogen-bond acceptors (Lipinski definition) is 2. The Morgan fingerprint density at radius 3 is 2.67 bits per heavy atom. The van der Waals surface area contributed by atoms with Crippen LogP contribution in [0.5, 0.6) is 0 Å². The van der Waals surface area contributed by atoms with Crippen LogP contribution in [0.4, 0.5) is 14.7 Å². The third kappa shape index (κ3) is 1.72. The summed E-state index contributed by atoms with van der Waals surface area (Å²) in [7, 11) is 0. The molecule has 0 atom stereocenters. The van der Waals surface area contributed by atoms with Crippen molar-refractivity contribution < 1.29 is 8.78 Å². The number of aromatic amines is 1. The van der Waals surface area contributed by atoms with Crippen LogP contribution in [-0.4, -0.2) is 9.97 Å². The molecule has 0 unspecified atom stereocenters. The number of imidazole rings is 1. The Morgan fingerprint density at radius 2 is 2.07 bits per heavy atom. The molecule has 2 aromatic rings. The van der Waals surface area contributed by atoms with Gasteiger partial charge in [0.25, 0.3) is 0 Å². The number of nitrogen functional groups attached to an aromatic ring is 1. The second-order valence-corrected chi connectivity index (χ2v) is 3.70. The second-order valence-electron chi connectivity index (χ2n) is 2.91. The molecule has 3 N–H and O–H groups in total. The van der Waals surface area contributed by atoms with Gasteiger partial charge in [0.2, 0.25) is 0 Å². The average molecular weight is 274 g/mol. The van der Waals surface area contributed by atoms with E-state index in [0.717, 1.165) is 0 Å². The largest absolute Gasteiger partial charge is 0.369 e. The zero-order valence-corrected chi connectivity index (χ0v) is 8.98. The van der Waals surface area contributed by atoms with Crippen LogP contribution in [0.25, 0.3) is 11.3 Å². The molecule has 1 heterocycles. The summed E-state index contributed by atoms with van der Waals surface area (Å²) in [6.45, 7) is 0. The van der Waals surface area contributed by atoms with E-state index in [-0.39, 0.29) is 16.0 Å². The van der Waals surface area contributed by atoms with Crippen molar-refractivity contribution in [2.45, 2.75) is 0 Å². The Bertz CT molecular complexity index is 510. The monoisotopic (exact) mass is 273 g/mol. The predicted octanol–water partition coefficient (Wildman–Crippen LogP) is 2.70. The summed E-state index contributed by atoms with van der Waals surface area (Å²) >= 11 is 2.82. The maximum atomic E-state index is 13.6. The van der Waals surface area contributed by atoms with Gasteiger partial charge >= 0.3 is 0 Å². The van der Waals surface area contributed by atoms with Gasteiger partial charge in [0.05, 0.1) is 16.4 Å². The normalized spacial score (nSPS) is 10.6. The van der Waals surface area contributed by atoms with Gasteiger partial charge < -0.3 is 10.7 Å². The molecule has 6 heteroatoms. The molecule has 0 saturated carbocycles. The average Bonchev–Trinajstić information content (AvgIpc) is 2.61. The third-order valence-electron chi connectivity index (χ3n) is 1.92. The summed E-state index contributed by atoms with van der Waals surface area (Å²) in [5.41, 5.74) is 5.98. The molecule has 1 aromatic carbocycles. The van der Waals surface area contributed by atoms with Crippen molar-refractivity contribution in [2.75, 3.05) is 5.73 Å². The quantitative estimate of drug-likeness (QED) is 0.785. The zero-order chi connectivity index (χ0) is 11.0. The number of hydrogen-bond donors (Lipinski definition) is 2. The van der Waals surface area contributed by atoms with Crippen molar-refractivity contribution in [3.8, 4) is 11.3 Å². The lowest BCUT2D eigenvalue weighted by molar-refractivity contribution is 0.574. The fraction of sp³-hybridized carbons (Fsp3) is 0. The number of nitrogens with one attached hydrogen (secondary N) is 1. The zero-order valence-electron chi connectivity index (χ0n) is 7.39. The first kappa shape index (κ1) is 10.1. The minimum Gasteiger partial charge on any atom is -0.369 e. The van der Waals surface area contributed by atoms with Gasteiger partial charge in [-0.2, -0.15) is 0 Å². The van der Waals surface area contributed by atoms with Gasteiger partial charge in [-0.05, 0) is 28.1 Å². The van der Waals surface area contributed by atoms with Crippen LogP contribution in [0, 0.1) is 11.6 Å². The van der Waals surface area contributed by atoms with Gasteiger partial charge in [-0.3, -0.25) is 0 Å². The Kier molecular flexibility index (Phi) is 2.44. The number of halogens is 3. The number of benzene rings is 1. The summed E-state index contributed by atoms with van der Waals surface area (Å²) < 4.78 is 26.3. The molecule has 78 valence electrons. The number of H-pyrrole nitrogens is 1. The summed E-state index contributed by atoms with van der Waals surface area (Å²) in [4.78, 5) is 6.40. The molecule has 2 rings (SSSR count). The maximum Gasteiger partial charge on any atom is 0.197 e. The molecule has 0 aliphatic heterocycles. The van der Waals surface area contributed by atoms with Gasteiger partial charge in [0.15, 0.2) is 5.95 Å². The van der Waals surface area contributed by atoms with Gasteiger partial charge in [-0.1, -0.05) is 0 Å². The molecule has 0 radical (unpaired) electrons. The molecule has 0 bridgehead atoms. The number of aromatic nitrogens is 2. The van der Waals surface area contributed by atoms with E-state index in [1.54, 1.807) is 0 Å². The first-order valence-corrected chi connectivity index (χ1v) is 4.83. The summed E-state index contributed by atoms with van der Waals surface area (Å²) in [6.07, 6.45) is 1.39. The second kappa shape index (κ2) is 3.62. The Balaban J connectivity index is 2.59. The highest BCUT2D eigenvalue weighted by molar-refractivity contribution is 9.10. The van der Waals surface area contributed by atoms with Gasteiger partial charge in [-0.15, -0.1) is 0 Å². The molecule has 1 aromatic heterocycles. The Morgan fingerprint density at radius 1 is 1.33 bits per heavy atom. The lowest BCUT2D eigenvalue weighted by Gasteiger charge is -2.02. The Hall–Kier alpha value is -1.43. The SMILES string of the molecule is Nc1ncc(-c2ccc(F)c(Br)c2F)[nH]1. The van der Waals surface area contributed by atoms with Crippen molar-refractivity contribution in [1.29, 1.82) is 0 Å². The minimum absolute atomic E-state index is 0.185. The van der Waals surface area contributed by atoms with Crippen LogP contribution in [-0.2, 0) is 0 Å². The van der Waals surface area contributed by atoms with Crippen LogP contribution in [0.15, 0.2) is 22.8 Å². The highest BCUT2D eigenvalue weighted by Gasteiger charge is 2.13. The van der Waals surface area contributed by atoms with Crippen LogP contribution in [0.3, 0.4) is 0 Å². The smallest absolute Gasteiger partial charge is 0.197 e. The molecular formula is C9H6BrF2N3. The lowest BCUT2D eigenvalue weighted by atomic mass is 10.1. The van der Waals surface area contributed by atoms with E-state index in [1.165, 1.54) is 18.3 Å². The van der Waals surface area contributed by atoms with Crippen molar-refractivity contribution >= 4 is 21.9 Å². The first-order valence-electron chi connectivity index (χ1n) is 4.04. The van der Waals surface area contributed by atoms with E-state index in [4.69, 9.17) is 5.73 Å². The lowest BCUT2D eigenvalue weighted by Crippen LogP contribution is -1.90. The van der Waals surface area contributed by atoms with E-state index in [0.29, 0.717) is 5.69 Å². The van der Waals surface area contributed by atoms with Crippen molar-refractivity contribution in [3.05, 3.63) is 34.4 Å². The number of rotatable bonds is 1. The van der Waals surface area contributed by atoms with Gasteiger partial charge in [-0.25, -0.2) is 13.8 Å². The first-order chi connectivity index (χ1) is 7.09. The van der Waals surface area contributed by atoms with Crippen LogP contribution < -0.4 is 5.73 Å². The van der Waals surface area contributed by atoms with E-state index < -0.39 is 11.6 Å². The highest BCUT2D eigenvalue weighted by atomic mass is 79.9. The summed E-state index contributed by atoms with van der Waals surface area (Å²) in [5.74, 6) is -1.15. The third-order valence-corrected chi connectivity index (χ3v) is 2.65. The van der Waals surface area contributed by atoms with Gasteiger partial charge in [0, 0.05) is 5.56 Å². The van der Waals surface area contributed by atoms with Crippen LogP contribution >= 0.6 is 15.9 Å². The Labute approximate surface area is 92.5 Å². The molecule has 0 spiro atoms. The molecule has 0 amide bonds. The number of nitrogens with zero attached hydrogens (tertiary/aromatic N) is 1. The highest BCUT2D eigenvalue weighted by Crippen LogP contribution is 2.28. The van der Waals surface area contributed by atoms with E-state index >= 15 is 0 Å². The van der Waals surface area contributed by atoms with Crippen molar-refractivity contribution in [1.82, 2.24) is 9.97 Å². The van der Waals surface area contributed by atoms with E-state index in [9.17, 15) is 8.78 Å². The van der Waals surface area contributed by atoms with E-state index in [2.05, 4.69) is 25.9 Å². The molecule has 3 nitrogen and oxygen atoms in total.